The van der Waals surface area contributed by atoms with Gasteiger partial charge in [0.05, 0.1) is 14.2 Å². The van der Waals surface area contributed by atoms with Crippen molar-refractivity contribution in [3.63, 3.8) is 0 Å². The van der Waals surface area contributed by atoms with Crippen molar-refractivity contribution in [2.75, 3.05) is 14.2 Å². The maximum absolute atomic E-state index is 11.7. The van der Waals surface area contributed by atoms with Gasteiger partial charge in [-0.3, -0.25) is 4.79 Å². The van der Waals surface area contributed by atoms with Crippen molar-refractivity contribution in [3.8, 4) is 11.5 Å². The second-order valence-corrected chi connectivity index (χ2v) is 5.76. The van der Waals surface area contributed by atoms with Crippen LogP contribution in [0.15, 0.2) is 30.4 Å². The molecule has 0 saturated carbocycles. The van der Waals surface area contributed by atoms with Crippen LogP contribution >= 0.6 is 0 Å². The Morgan fingerprint density at radius 2 is 1.68 bits per heavy atom. The molecule has 0 radical (unpaired) electrons. The minimum atomic E-state index is -0.0950. The van der Waals surface area contributed by atoms with Crippen molar-refractivity contribution in [1.82, 2.24) is 0 Å². The number of carbonyl (C=O) groups is 1. The van der Waals surface area contributed by atoms with Crippen molar-refractivity contribution in [1.29, 1.82) is 0 Å². The molecule has 3 heteroatoms. The first kappa shape index (κ1) is 23.2. The van der Waals surface area contributed by atoms with Gasteiger partial charge >= 0.3 is 0 Å². The maximum atomic E-state index is 11.7. The predicted octanol–water partition coefficient (Wildman–Crippen LogP) is 5.96. The number of carbonyl (C=O) groups excluding carboxylic acids is 1. The van der Waals surface area contributed by atoms with Crippen LogP contribution < -0.4 is 9.47 Å². The van der Waals surface area contributed by atoms with Gasteiger partial charge in [0, 0.05) is 11.8 Å². The van der Waals surface area contributed by atoms with Gasteiger partial charge in [0.15, 0.2) is 17.3 Å². The molecule has 0 aliphatic heterocycles. The molecular formula is C22H36O3. The van der Waals surface area contributed by atoms with E-state index in [-0.39, 0.29) is 17.1 Å². The van der Waals surface area contributed by atoms with Gasteiger partial charge in [0.1, 0.15) is 0 Å². The number of hydrogen-bond acceptors (Lipinski definition) is 3. The van der Waals surface area contributed by atoms with Gasteiger partial charge in [-0.25, -0.2) is 0 Å². The van der Waals surface area contributed by atoms with Crippen LogP contribution in [0.25, 0.3) is 0 Å². The van der Waals surface area contributed by atoms with E-state index in [0.29, 0.717) is 6.42 Å². The number of allylic oxidation sites excluding steroid dienone is 2. The molecule has 0 amide bonds. The summed E-state index contributed by atoms with van der Waals surface area (Å²) in [7, 11) is 3.29. The van der Waals surface area contributed by atoms with Gasteiger partial charge in [-0.1, -0.05) is 60.1 Å². The highest BCUT2D eigenvalue weighted by atomic mass is 16.5. The first-order valence-electron chi connectivity index (χ1n) is 9.52. The summed E-state index contributed by atoms with van der Waals surface area (Å²) in [6.07, 6.45) is 6.52. The largest absolute Gasteiger partial charge is 0.493 e. The average Bonchev–Trinajstić information content (AvgIpc) is 2.67. The van der Waals surface area contributed by atoms with Crippen LogP contribution in [0.1, 0.15) is 66.4 Å². The summed E-state index contributed by atoms with van der Waals surface area (Å²) >= 11 is 0. The van der Waals surface area contributed by atoms with E-state index in [4.69, 9.17) is 9.47 Å². The van der Waals surface area contributed by atoms with Crippen molar-refractivity contribution in [2.24, 2.45) is 5.92 Å². The van der Waals surface area contributed by atoms with Crippen LogP contribution in [0.2, 0.25) is 0 Å². The molecule has 1 aromatic rings. The van der Waals surface area contributed by atoms with Crippen LogP contribution in [0, 0.1) is 5.92 Å². The molecule has 2 rings (SSSR count). The fourth-order valence-electron chi connectivity index (χ4n) is 3.35. The Morgan fingerprint density at radius 3 is 2.16 bits per heavy atom. The van der Waals surface area contributed by atoms with Crippen LogP contribution in [0.5, 0.6) is 11.5 Å². The third-order valence-corrected chi connectivity index (χ3v) is 4.54. The Hall–Kier alpha value is -1.77. The third kappa shape index (κ3) is 5.35. The van der Waals surface area contributed by atoms with E-state index in [1.165, 1.54) is 5.56 Å². The second kappa shape index (κ2) is 11.7. The molecule has 0 heterocycles. The summed E-state index contributed by atoms with van der Waals surface area (Å²) in [6, 6.07) is 6.08. The lowest BCUT2D eigenvalue weighted by Crippen LogP contribution is -2.36. The molecule has 3 nitrogen and oxygen atoms in total. The number of benzene rings is 1. The number of rotatable bonds is 5. The molecule has 0 aromatic heterocycles. The number of hydrogen-bond donors (Lipinski definition) is 0. The van der Waals surface area contributed by atoms with E-state index >= 15 is 0 Å². The Morgan fingerprint density at radius 1 is 1.08 bits per heavy atom. The lowest BCUT2D eigenvalue weighted by atomic mass is 9.64. The molecule has 0 bridgehead atoms. The van der Waals surface area contributed by atoms with E-state index in [9.17, 15) is 4.79 Å². The summed E-state index contributed by atoms with van der Waals surface area (Å²) in [5.41, 5.74) is 1.10. The number of ketones is 1. The highest BCUT2D eigenvalue weighted by Crippen LogP contribution is 2.44. The predicted molar refractivity (Wildman–Crippen MR) is 107 cm³/mol. The summed E-state index contributed by atoms with van der Waals surface area (Å²) in [4.78, 5) is 11.7. The fourth-order valence-corrected chi connectivity index (χ4v) is 3.35. The van der Waals surface area contributed by atoms with Gasteiger partial charge in [-0.2, -0.15) is 0 Å². The Labute approximate surface area is 154 Å². The van der Waals surface area contributed by atoms with Crippen molar-refractivity contribution >= 4 is 5.78 Å². The fraction of sp³-hybridized carbons (Fsp3) is 0.591. The summed E-state index contributed by atoms with van der Waals surface area (Å²) in [5.74, 6) is 1.97. The van der Waals surface area contributed by atoms with Crippen molar-refractivity contribution in [3.05, 3.63) is 35.9 Å². The smallest absolute Gasteiger partial charge is 0.161 e. The molecule has 25 heavy (non-hydrogen) atoms. The molecular weight excluding hydrogens is 312 g/mol. The molecule has 2 atom stereocenters. The molecule has 2 unspecified atom stereocenters. The molecule has 0 fully saturated rings. The second-order valence-electron chi connectivity index (χ2n) is 5.76. The highest BCUT2D eigenvalue weighted by Gasteiger charge is 2.38. The quantitative estimate of drug-likeness (QED) is 0.658. The minimum absolute atomic E-state index is 0.0950. The minimum Gasteiger partial charge on any atom is -0.493 e. The Bertz CT molecular complexity index is 548. The summed E-state index contributed by atoms with van der Waals surface area (Å²) < 4.78 is 10.7. The normalized spacial score (nSPS) is 21.4. The summed E-state index contributed by atoms with van der Waals surface area (Å²) in [5, 5.41) is 0. The highest BCUT2D eigenvalue weighted by molar-refractivity contribution is 5.91. The first-order valence-corrected chi connectivity index (χ1v) is 9.52. The lowest BCUT2D eigenvalue weighted by molar-refractivity contribution is -0.116. The summed E-state index contributed by atoms with van der Waals surface area (Å²) in [6.45, 7) is 12.3. The van der Waals surface area contributed by atoms with Gasteiger partial charge < -0.3 is 9.47 Å². The molecule has 1 aromatic carbocycles. The van der Waals surface area contributed by atoms with Crippen molar-refractivity contribution in [2.45, 2.75) is 66.2 Å². The monoisotopic (exact) mass is 348 g/mol. The van der Waals surface area contributed by atoms with E-state index in [1.807, 2.05) is 39.8 Å². The van der Waals surface area contributed by atoms with Gasteiger partial charge in [0.2, 0.25) is 0 Å². The van der Waals surface area contributed by atoms with Crippen LogP contribution in [-0.2, 0) is 10.2 Å². The average molecular weight is 349 g/mol. The Kier molecular flexibility index (Phi) is 10.9. The molecule has 0 spiro atoms. The third-order valence-electron chi connectivity index (χ3n) is 4.54. The van der Waals surface area contributed by atoms with Gasteiger partial charge in [-0.15, -0.1) is 0 Å². The topological polar surface area (TPSA) is 35.5 Å². The van der Waals surface area contributed by atoms with Crippen molar-refractivity contribution < 1.29 is 14.3 Å². The lowest BCUT2D eigenvalue weighted by Gasteiger charge is -2.39. The maximum Gasteiger partial charge on any atom is 0.161 e. The molecule has 1 aliphatic carbocycles. The van der Waals surface area contributed by atoms with E-state index in [0.717, 1.165) is 24.3 Å². The SMILES string of the molecule is CC.CC.CCCC1(c2ccc(OC)c(OC)c2)C=CC(=O)CC1C. The van der Waals surface area contributed by atoms with E-state index in [1.54, 1.807) is 20.3 Å². The molecule has 142 valence electrons. The van der Waals surface area contributed by atoms with Crippen LogP contribution in [-0.4, -0.2) is 20.0 Å². The first-order chi connectivity index (χ1) is 12.1. The van der Waals surface area contributed by atoms with Gasteiger partial charge in [-0.05, 0) is 36.1 Å². The molecule has 0 N–H and O–H groups in total. The van der Waals surface area contributed by atoms with Crippen LogP contribution in [0.4, 0.5) is 0 Å². The number of methoxy groups -OCH3 is 2. The zero-order valence-electron chi connectivity index (χ0n) is 17.3. The van der Waals surface area contributed by atoms with Crippen LogP contribution in [0.3, 0.4) is 0 Å². The van der Waals surface area contributed by atoms with Gasteiger partial charge in [0.25, 0.3) is 0 Å². The van der Waals surface area contributed by atoms with E-state index in [2.05, 4.69) is 26.0 Å². The zero-order chi connectivity index (χ0) is 19.5. The molecule has 1 aliphatic rings. The molecule has 0 saturated heterocycles. The Balaban J connectivity index is 0.00000134. The standard InChI is InChI=1S/C18H24O3.2C2H6/c1-5-9-18(10-8-15(19)11-13(18)2)14-6-7-16(20-3)17(12-14)21-4;2*1-2/h6-8,10,12-13H,5,9,11H2,1-4H3;2*1-2H3. The van der Waals surface area contributed by atoms with E-state index < -0.39 is 0 Å². The zero-order valence-corrected chi connectivity index (χ0v) is 17.3. The number of ether oxygens (including phenoxy) is 2.